The molecule has 0 aromatic carbocycles. The summed E-state index contributed by atoms with van der Waals surface area (Å²) in [6.45, 7) is 3.99. The summed E-state index contributed by atoms with van der Waals surface area (Å²) in [6, 6.07) is 2.07. The Morgan fingerprint density at radius 1 is 1.54 bits per heavy atom. The van der Waals surface area contributed by atoms with Crippen LogP contribution in [-0.4, -0.2) is 9.97 Å². The van der Waals surface area contributed by atoms with Crippen LogP contribution in [0.1, 0.15) is 25.6 Å². The van der Waals surface area contributed by atoms with E-state index >= 15 is 0 Å². The molecule has 1 N–H and O–H groups in total. The van der Waals surface area contributed by atoms with Gasteiger partial charge in [-0.2, -0.15) is 5.26 Å². The Bertz CT molecular complexity index is 420. The number of aromatic amines is 1. The molecule has 0 unspecified atom stereocenters. The average molecular weight is 175 g/mol. The minimum atomic E-state index is 0.412. The summed E-state index contributed by atoms with van der Waals surface area (Å²) in [5.41, 5.74) is 0. The van der Waals surface area contributed by atoms with E-state index in [9.17, 15) is 0 Å². The lowest BCUT2D eigenvalue weighted by Crippen LogP contribution is -2.24. The number of hydrogen-bond donors (Lipinski definition) is 1. The maximum absolute atomic E-state index is 8.43. The average Bonchev–Trinajstić information content (AvgIpc) is 2.44. The summed E-state index contributed by atoms with van der Waals surface area (Å²) < 4.78 is 0. The van der Waals surface area contributed by atoms with Crippen molar-refractivity contribution in [1.82, 2.24) is 9.97 Å². The molecule has 0 saturated carbocycles. The Kier molecular flexibility index (Phi) is 3.27. The normalized spacial score (nSPS) is 13.3. The lowest BCUT2D eigenvalue weighted by atomic mass is 10.3. The molecule has 68 valence electrons. The number of hydrogen-bond acceptors (Lipinski definition) is 2. The molecule has 13 heavy (non-hydrogen) atoms. The van der Waals surface area contributed by atoms with E-state index in [4.69, 9.17) is 5.26 Å². The van der Waals surface area contributed by atoms with E-state index in [1.807, 2.05) is 13.0 Å². The molecule has 0 spiro atoms. The molecule has 1 aromatic rings. The van der Waals surface area contributed by atoms with Crippen molar-refractivity contribution >= 4 is 12.2 Å². The second-order valence-electron chi connectivity index (χ2n) is 2.80. The van der Waals surface area contributed by atoms with E-state index < -0.39 is 0 Å². The molecule has 0 saturated heterocycles. The lowest BCUT2D eigenvalue weighted by molar-refractivity contribution is 1.13. The number of H-pyrrole nitrogens is 1. The maximum Gasteiger partial charge on any atom is 0.104 e. The van der Waals surface area contributed by atoms with Crippen LogP contribution in [0.25, 0.3) is 12.2 Å². The highest BCUT2D eigenvalue weighted by Gasteiger charge is 1.91. The van der Waals surface area contributed by atoms with Gasteiger partial charge < -0.3 is 4.98 Å². The van der Waals surface area contributed by atoms with Crippen molar-refractivity contribution in [3.8, 4) is 6.07 Å². The fraction of sp³-hybridized carbons (Fsp3) is 0.400. The van der Waals surface area contributed by atoms with Crippen molar-refractivity contribution in [3.63, 3.8) is 0 Å². The standard InChI is InChI=1S/C10H13N3/c1-3-5-9-10(6-4-7-11)13-8(2)12-9/h5-6H,3-4H2,1-2H3,(H,12,13)/b9-5+,10-6+. The van der Waals surface area contributed by atoms with Crippen molar-refractivity contribution in [2.45, 2.75) is 26.7 Å². The van der Waals surface area contributed by atoms with Gasteiger partial charge in [-0.3, -0.25) is 0 Å². The van der Waals surface area contributed by atoms with Crippen LogP contribution < -0.4 is 10.7 Å². The molecule has 0 bridgehead atoms. The number of nitrogens with one attached hydrogen (secondary N) is 1. The van der Waals surface area contributed by atoms with Crippen molar-refractivity contribution < 1.29 is 0 Å². The molecule has 1 rings (SSSR count). The summed E-state index contributed by atoms with van der Waals surface area (Å²) in [4.78, 5) is 7.42. The molecule has 0 radical (unpaired) electrons. The molecule has 1 aromatic heterocycles. The number of aryl methyl sites for hydroxylation is 1. The zero-order chi connectivity index (χ0) is 9.68. The molecule has 0 aliphatic heterocycles. The molecule has 0 aliphatic rings. The van der Waals surface area contributed by atoms with E-state index in [1.54, 1.807) is 0 Å². The van der Waals surface area contributed by atoms with Crippen LogP contribution in [0.15, 0.2) is 0 Å². The molecule has 3 heteroatoms. The van der Waals surface area contributed by atoms with E-state index in [-0.39, 0.29) is 0 Å². The smallest absolute Gasteiger partial charge is 0.104 e. The van der Waals surface area contributed by atoms with Crippen LogP contribution in [0.2, 0.25) is 0 Å². The predicted octanol–water partition coefficient (Wildman–Crippen LogP) is 0.603. The SMILES string of the molecule is CC/C=c1/[nH]c(C)n/c1=C/CC#N. The van der Waals surface area contributed by atoms with Crippen LogP contribution in [0.5, 0.6) is 0 Å². The number of aromatic nitrogens is 2. The minimum absolute atomic E-state index is 0.412. The first-order valence-electron chi connectivity index (χ1n) is 4.38. The van der Waals surface area contributed by atoms with Gasteiger partial charge in [0.1, 0.15) is 5.82 Å². The number of imidazole rings is 1. The zero-order valence-corrected chi connectivity index (χ0v) is 7.96. The summed E-state index contributed by atoms with van der Waals surface area (Å²) in [5.74, 6) is 0.892. The van der Waals surface area contributed by atoms with Gasteiger partial charge in [-0.1, -0.05) is 13.0 Å². The second kappa shape index (κ2) is 4.46. The fourth-order valence-electron chi connectivity index (χ4n) is 1.19. The van der Waals surface area contributed by atoms with Crippen molar-refractivity contribution in [1.29, 1.82) is 5.26 Å². The van der Waals surface area contributed by atoms with Gasteiger partial charge in [-0.25, -0.2) is 4.98 Å². The molecule has 3 nitrogen and oxygen atoms in total. The van der Waals surface area contributed by atoms with Gasteiger partial charge in [0, 0.05) is 0 Å². The van der Waals surface area contributed by atoms with Crippen LogP contribution in [-0.2, 0) is 0 Å². The van der Waals surface area contributed by atoms with Crippen molar-refractivity contribution in [2.75, 3.05) is 0 Å². The zero-order valence-electron chi connectivity index (χ0n) is 7.96. The first-order chi connectivity index (χ1) is 6.27. The quantitative estimate of drug-likeness (QED) is 0.715. The lowest BCUT2D eigenvalue weighted by Gasteiger charge is -1.77. The third kappa shape index (κ3) is 2.45. The van der Waals surface area contributed by atoms with Crippen molar-refractivity contribution in [3.05, 3.63) is 16.5 Å². The van der Waals surface area contributed by atoms with E-state index in [0.29, 0.717) is 6.42 Å². The Morgan fingerprint density at radius 3 is 2.92 bits per heavy atom. The summed E-state index contributed by atoms with van der Waals surface area (Å²) in [5, 5.41) is 10.3. The highest BCUT2D eigenvalue weighted by atomic mass is 14.9. The molecule has 0 amide bonds. The van der Waals surface area contributed by atoms with Crippen LogP contribution in [0.3, 0.4) is 0 Å². The van der Waals surface area contributed by atoms with Crippen LogP contribution in [0.4, 0.5) is 0 Å². The van der Waals surface area contributed by atoms with Gasteiger partial charge in [-0.05, 0) is 19.4 Å². The molecule has 0 atom stereocenters. The van der Waals surface area contributed by atoms with Gasteiger partial charge in [0.25, 0.3) is 0 Å². The third-order valence-electron chi connectivity index (χ3n) is 1.67. The summed E-state index contributed by atoms with van der Waals surface area (Å²) >= 11 is 0. The number of rotatable bonds is 2. The molecule has 0 aliphatic carbocycles. The van der Waals surface area contributed by atoms with E-state index in [2.05, 4.69) is 29.0 Å². The number of nitrogens with zero attached hydrogens (tertiary/aromatic N) is 2. The Morgan fingerprint density at radius 2 is 2.31 bits per heavy atom. The number of nitriles is 1. The monoisotopic (exact) mass is 175 g/mol. The molecule has 1 heterocycles. The van der Waals surface area contributed by atoms with Gasteiger partial charge in [0.05, 0.1) is 23.2 Å². The highest BCUT2D eigenvalue weighted by molar-refractivity contribution is 5.28. The Balaban J connectivity index is 3.21. The fourth-order valence-corrected chi connectivity index (χ4v) is 1.19. The molecule has 0 fully saturated rings. The summed E-state index contributed by atoms with van der Waals surface area (Å²) in [6.07, 6.45) is 5.29. The minimum Gasteiger partial charge on any atom is -0.342 e. The van der Waals surface area contributed by atoms with Gasteiger partial charge >= 0.3 is 0 Å². The summed E-state index contributed by atoms with van der Waals surface area (Å²) in [7, 11) is 0. The first kappa shape index (κ1) is 9.53. The van der Waals surface area contributed by atoms with Crippen LogP contribution in [0, 0.1) is 18.3 Å². The Labute approximate surface area is 77.4 Å². The largest absolute Gasteiger partial charge is 0.342 e. The molecular weight excluding hydrogens is 162 g/mol. The van der Waals surface area contributed by atoms with E-state index in [1.165, 1.54) is 0 Å². The van der Waals surface area contributed by atoms with Gasteiger partial charge in [-0.15, -0.1) is 0 Å². The van der Waals surface area contributed by atoms with E-state index in [0.717, 1.165) is 22.9 Å². The predicted molar refractivity (Wildman–Crippen MR) is 52.0 cm³/mol. The highest BCUT2D eigenvalue weighted by Crippen LogP contribution is 1.78. The third-order valence-corrected chi connectivity index (χ3v) is 1.67. The first-order valence-corrected chi connectivity index (χ1v) is 4.38. The van der Waals surface area contributed by atoms with Crippen molar-refractivity contribution in [2.24, 2.45) is 0 Å². The second-order valence-corrected chi connectivity index (χ2v) is 2.80. The van der Waals surface area contributed by atoms with Gasteiger partial charge in [0.15, 0.2) is 0 Å². The molecular formula is C10H13N3. The Hall–Kier alpha value is -1.56. The maximum atomic E-state index is 8.43. The van der Waals surface area contributed by atoms with Gasteiger partial charge in [0.2, 0.25) is 0 Å². The topological polar surface area (TPSA) is 52.5 Å². The van der Waals surface area contributed by atoms with Crippen LogP contribution >= 0.6 is 0 Å².